The van der Waals surface area contributed by atoms with Crippen molar-refractivity contribution in [1.82, 2.24) is 24.9 Å². The molecule has 5 rings (SSSR count). The molecule has 0 saturated carbocycles. The molecule has 1 aromatic carbocycles. The van der Waals surface area contributed by atoms with Gasteiger partial charge < -0.3 is 14.4 Å². The Labute approximate surface area is 206 Å². The van der Waals surface area contributed by atoms with Crippen LogP contribution in [0.4, 0.5) is 4.39 Å². The number of aromatic nitrogens is 4. The van der Waals surface area contributed by atoms with Gasteiger partial charge in [-0.2, -0.15) is 15.3 Å². The summed E-state index contributed by atoms with van der Waals surface area (Å²) in [5, 5.41) is 15.0. The molecule has 8 heteroatoms. The van der Waals surface area contributed by atoms with Gasteiger partial charge in [0.05, 0.1) is 23.7 Å². The summed E-state index contributed by atoms with van der Waals surface area (Å²) >= 11 is 0. The zero-order valence-electron chi connectivity index (χ0n) is 21.1. The van der Waals surface area contributed by atoms with Crippen molar-refractivity contribution < 1.29 is 13.9 Å². The van der Waals surface area contributed by atoms with E-state index in [1.165, 1.54) is 25.3 Å². The third-order valence-electron chi connectivity index (χ3n) is 7.66. The molecule has 0 bridgehead atoms. The maximum atomic E-state index is 15.0. The van der Waals surface area contributed by atoms with Crippen LogP contribution in [0, 0.1) is 25.6 Å². The maximum absolute atomic E-state index is 15.0. The Bertz CT molecular complexity index is 1170. The van der Waals surface area contributed by atoms with Crippen molar-refractivity contribution >= 4 is 10.9 Å². The van der Waals surface area contributed by atoms with Crippen LogP contribution in [-0.2, 0) is 4.74 Å². The van der Waals surface area contributed by atoms with Crippen LogP contribution in [0.2, 0.25) is 0 Å². The first kappa shape index (κ1) is 24.1. The average Bonchev–Trinajstić information content (AvgIpc) is 3.22. The smallest absolute Gasteiger partial charge is 0.152 e. The van der Waals surface area contributed by atoms with Gasteiger partial charge in [0.2, 0.25) is 0 Å². The molecular formula is C27H36FN5O2. The van der Waals surface area contributed by atoms with Gasteiger partial charge >= 0.3 is 0 Å². The van der Waals surface area contributed by atoms with Gasteiger partial charge in [0, 0.05) is 30.6 Å². The molecule has 188 valence electrons. The summed E-state index contributed by atoms with van der Waals surface area (Å²) in [6.45, 7) is 11.4. The molecule has 35 heavy (non-hydrogen) atoms. The van der Waals surface area contributed by atoms with E-state index in [0.717, 1.165) is 79.6 Å². The fourth-order valence-corrected chi connectivity index (χ4v) is 5.60. The van der Waals surface area contributed by atoms with Crippen LogP contribution in [-0.4, -0.2) is 64.3 Å². The van der Waals surface area contributed by atoms with E-state index in [1.807, 2.05) is 20.8 Å². The standard InChI is InChI=1S/C27H36FN5O2/c1-4-35-22-5-6-24(23(28)17-22)33-19(3)25-18(2)29-30-26(27(25)31-33)21-8-13-32(14-9-21)12-7-20-10-15-34-16-11-20/h5-6,17,20-21H,4,7-16H2,1-3H3. The normalized spacial score (nSPS) is 18.4. The second-order valence-electron chi connectivity index (χ2n) is 9.90. The van der Waals surface area contributed by atoms with Crippen molar-refractivity contribution in [2.45, 2.75) is 58.8 Å². The van der Waals surface area contributed by atoms with Gasteiger partial charge in [-0.15, -0.1) is 0 Å². The predicted octanol–water partition coefficient (Wildman–Crippen LogP) is 4.97. The molecule has 0 N–H and O–H groups in total. The highest BCUT2D eigenvalue weighted by molar-refractivity contribution is 5.86. The van der Waals surface area contributed by atoms with Gasteiger partial charge in [0.25, 0.3) is 0 Å². The van der Waals surface area contributed by atoms with Crippen molar-refractivity contribution in [3.05, 3.63) is 41.1 Å². The zero-order chi connectivity index (χ0) is 24.4. The Balaban J connectivity index is 1.35. The summed E-state index contributed by atoms with van der Waals surface area (Å²) in [5.41, 5.74) is 3.92. The Morgan fingerprint density at radius 3 is 2.57 bits per heavy atom. The number of rotatable bonds is 7. The highest BCUT2D eigenvalue weighted by Crippen LogP contribution is 2.34. The van der Waals surface area contributed by atoms with Crippen molar-refractivity contribution in [3.8, 4) is 11.4 Å². The van der Waals surface area contributed by atoms with Crippen LogP contribution >= 0.6 is 0 Å². The van der Waals surface area contributed by atoms with Gasteiger partial charge in [-0.3, -0.25) is 0 Å². The van der Waals surface area contributed by atoms with Crippen molar-refractivity contribution in [2.24, 2.45) is 5.92 Å². The summed E-state index contributed by atoms with van der Waals surface area (Å²) < 4.78 is 27.6. The van der Waals surface area contributed by atoms with E-state index in [9.17, 15) is 4.39 Å². The SMILES string of the molecule is CCOc1ccc(-n2nc3c(C4CCN(CCC5CCOCC5)CC4)nnc(C)c3c2C)c(F)c1. The average molecular weight is 482 g/mol. The topological polar surface area (TPSA) is 65.3 Å². The number of ether oxygens (including phenoxy) is 2. The molecule has 4 heterocycles. The quantitative estimate of drug-likeness (QED) is 0.475. The van der Waals surface area contributed by atoms with E-state index in [1.54, 1.807) is 16.8 Å². The van der Waals surface area contributed by atoms with E-state index in [4.69, 9.17) is 14.6 Å². The summed E-state index contributed by atoms with van der Waals surface area (Å²) in [4.78, 5) is 2.59. The van der Waals surface area contributed by atoms with Gasteiger partial charge in [0.15, 0.2) is 5.82 Å². The first-order valence-corrected chi connectivity index (χ1v) is 13.0. The van der Waals surface area contributed by atoms with Crippen molar-refractivity contribution in [2.75, 3.05) is 39.5 Å². The maximum Gasteiger partial charge on any atom is 0.152 e. The second kappa shape index (κ2) is 10.6. The lowest BCUT2D eigenvalue weighted by molar-refractivity contribution is 0.0588. The van der Waals surface area contributed by atoms with Crippen LogP contribution in [0.5, 0.6) is 5.75 Å². The highest BCUT2D eigenvalue weighted by atomic mass is 19.1. The number of nitrogens with zero attached hydrogens (tertiary/aromatic N) is 5. The van der Waals surface area contributed by atoms with Crippen LogP contribution in [0.3, 0.4) is 0 Å². The number of fused-ring (bicyclic) bond motifs is 1. The molecule has 0 spiro atoms. The third kappa shape index (κ3) is 5.05. The first-order valence-electron chi connectivity index (χ1n) is 13.0. The fourth-order valence-electron chi connectivity index (χ4n) is 5.60. The number of piperidine rings is 1. The first-order chi connectivity index (χ1) is 17.0. The molecule has 3 aromatic rings. The minimum atomic E-state index is -0.357. The Hall–Kier alpha value is -2.58. The van der Waals surface area contributed by atoms with Gasteiger partial charge in [-0.1, -0.05) is 0 Å². The number of likely N-dealkylation sites (tertiary alicyclic amines) is 1. The summed E-state index contributed by atoms with van der Waals surface area (Å²) in [7, 11) is 0. The molecule has 0 unspecified atom stereocenters. The summed E-state index contributed by atoms with van der Waals surface area (Å²) in [6.07, 6.45) is 5.75. The molecule has 0 aliphatic carbocycles. The molecule has 7 nitrogen and oxygen atoms in total. The van der Waals surface area contributed by atoms with Crippen LogP contribution in [0.15, 0.2) is 18.2 Å². The van der Waals surface area contributed by atoms with E-state index >= 15 is 0 Å². The van der Waals surface area contributed by atoms with Gasteiger partial charge in [-0.25, -0.2) is 9.07 Å². The van der Waals surface area contributed by atoms with E-state index < -0.39 is 0 Å². The third-order valence-corrected chi connectivity index (χ3v) is 7.66. The molecule has 0 atom stereocenters. The molecule has 2 aliphatic heterocycles. The van der Waals surface area contributed by atoms with Gasteiger partial charge in [0.1, 0.15) is 17.0 Å². The molecule has 2 aliphatic rings. The van der Waals surface area contributed by atoms with Crippen LogP contribution in [0.1, 0.15) is 62.0 Å². The van der Waals surface area contributed by atoms with E-state index in [-0.39, 0.29) is 5.82 Å². The Kier molecular flexibility index (Phi) is 7.29. The number of aryl methyl sites for hydroxylation is 2. The Morgan fingerprint density at radius 1 is 1.09 bits per heavy atom. The lowest BCUT2D eigenvalue weighted by Crippen LogP contribution is -2.35. The number of benzene rings is 1. The minimum Gasteiger partial charge on any atom is -0.494 e. The molecule has 2 saturated heterocycles. The largest absolute Gasteiger partial charge is 0.494 e. The molecule has 2 fully saturated rings. The predicted molar refractivity (Wildman–Crippen MR) is 134 cm³/mol. The zero-order valence-corrected chi connectivity index (χ0v) is 21.1. The molecule has 2 aromatic heterocycles. The lowest BCUT2D eigenvalue weighted by atomic mass is 9.91. The summed E-state index contributed by atoms with van der Waals surface area (Å²) in [6, 6.07) is 4.94. The molecule has 0 radical (unpaired) electrons. The van der Waals surface area contributed by atoms with E-state index in [0.29, 0.717) is 24.0 Å². The van der Waals surface area contributed by atoms with E-state index in [2.05, 4.69) is 15.1 Å². The molecule has 0 amide bonds. The number of hydrogen-bond donors (Lipinski definition) is 0. The van der Waals surface area contributed by atoms with Gasteiger partial charge in [-0.05, 0) is 90.6 Å². The monoisotopic (exact) mass is 481 g/mol. The Morgan fingerprint density at radius 2 is 1.86 bits per heavy atom. The van der Waals surface area contributed by atoms with Crippen LogP contribution < -0.4 is 4.74 Å². The second-order valence-corrected chi connectivity index (χ2v) is 9.90. The fraction of sp³-hybridized carbons (Fsp3) is 0.593. The lowest BCUT2D eigenvalue weighted by Gasteiger charge is -2.33. The highest BCUT2D eigenvalue weighted by Gasteiger charge is 2.27. The summed E-state index contributed by atoms with van der Waals surface area (Å²) in [5.74, 6) is 1.29. The van der Waals surface area contributed by atoms with Crippen LogP contribution in [0.25, 0.3) is 16.6 Å². The molecular weight excluding hydrogens is 445 g/mol. The minimum absolute atomic E-state index is 0.317. The number of halogens is 1. The number of hydrogen-bond acceptors (Lipinski definition) is 6. The van der Waals surface area contributed by atoms with Crippen molar-refractivity contribution in [1.29, 1.82) is 0 Å². The van der Waals surface area contributed by atoms with Crippen molar-refractivity contribution in [3.63, 3.8) is 0 Å².